The van der Waals surface area contributed by atoms with Crippen LogP contribution in [0.2, 0.25) is 10.2 Å². The first-order valence-corrected chi connectivity index (χ1v) is 8.14. The van der Waals surface area contributed by atoms with E-state index in [1.165, 1.54) is 30.6 Å². The van der Waals surface area contributed by atoms with Gasteiger partial charge in [-0.05, 0) is 30.7 Å². The van der Waals surface area contributed by atoms with Crippen molar-refractivity contribution < 1.29 is 18.0 Å². The Kier molecular flexibility index (Phi) is 5.07. The van der Waals surface area contributed by atoms with E-state index in [1.807, 2.05) is 0 Å². The van der Waals surface area contributed by atoms with Crippen molar-refractivity contribution in [2.75, 3.05) is 5.32 Å². The summed E-state index contributed by atoms with van der Waals surface area (Å²) < 4.78 is 40.1. The highest BCUT2D eigenvalue weighted by atomic mass is 35.5. The maximum absolute atomic E-state index is 13.1. The van der Waals surface area contributed by atoms with Gasteiger partial charge in [0.25, 0.3) is 5.91 Å². The summed E-state index contributed by atoms with van der Waals surface area (Å²) in [6.45, 7) is 1.66. The maximum atomic E-state index is 13.1. The highest BCUT2D eigenvalue weighted by Crippen LogP contribution is 2.30. The summed E-state index contributed by atoms with van der Waals surface area (Å²) in [7, 11) is 0. The minimum atomic E-state index is -4.75. The lowest BCUT2D eigenvalue weighted by Crippen LogP contribution is -2.18. The number of amides is 1. The molecule has 0 saturated heterocycles. The number of hydrogen-bond donors (Lipinski definition) is 1. The molecule has 3 rings (SSSR count). The first-order chi connectivity index (χ1) is 12.7. The minimum Gasteiger partial charge on any atom is -0.319 e. The standard InChI is InChI=1S/C16H10Cl2F3N5O/c1-8-5-13(18)23-7-10(8)24-15(27)11-6-12(16(19,20)21)25-26(11)14-9(17)3-2-4-22-14/h2-7H,1H3,(H,24,27). The van der Waals surface area contributed by atoms with Crippen molar-refractivity contribution in [2.24, 2.45) is 0 Å². The zero-order valence-electron chi connectivity index (χ0n) is 13.6. The normalized spacial score (nSPS) is 11.5. The molecule has 0 aromatic carbocycles. The molecule has 0 aliphatic heterocycles. The van der Waals surface area contributed by atoms with Gasteiger partial charge in [0, 0.05) is 12.3 Å². The summed E-state index contributed by atoms with van der Waals surface area (Å²) >= 11 is 11.8. The first-order valence-electron chi connectivity index (χ1n) is 7.38. The number of nitrogens with one attached hydrogen (secondary N) is 1. The number of anilines is 1. The second kappa shape index (κ2) is 7.16. The number of alkyl halides is 3. The number of carbonyl (C=O) groups excluding carboxylic acids is 1. The van der Waals surface area contributed by atoms with Gasteiger partial charge in [-0.3, -0.25) is 4.79 Å². The van der Waals surface area contributed by atoms with Gasteiger partial charge in [-0.25, -0.2) is 14.6 Å². The maximum Gasteiger partial charge on any atom is 0.435 e. The number of hydrogen-bond acceptors (Lipinski definition) is 4. The van der Waals surface area contributed by atoms with Gasteiger partial charge in [0.15, 0.2) is 11.5 Å². The number of pyridine rings is 2. The third kappa shape index (κ3) is 4.04. The second-order valence-electron chi connectivity index (χ2n) is 5.41. The SMILES string of the molecule is Cc1cc(Cl)ncc1NC(=O)c1cc(C(F)(F)F)nn1-c1ncccc1Cl. The molecule has 0 fully saturated rings. The molecule has 0 spiro atoms. The molecule has 6 nitrogen and oxygen atoms in total. The van der Waals surface area contributed by atoms with Gasteiger partial charge in [-0.2, -0.15) is 18.3 Å². The topological polar surface area (TPSA) is 72.7 Å². The van der Waals surface area contributed by atoms with E-state index in [9.17, 15) is 18.0 Å². The van der Waals surface area contributed by atoms with Crippen LogP contribution < -0.4 is 5.32 Å². The van der Waals surface area contributed by atoms with Crippen LogP contribution in [0.25, 0.3) is 5.82 Å². The Morgan fingerprint density at radius 2 is 1.96 bits per heavy atom. The number of nitrogens with zero attached hydrogens (tertiary/aromatic N) is 4. The Bertz CT molecular complexity index is 1020. The molecule has 0 bridgehead atoms. The molecule has 0 aliphatic rings. The minimum absolute atomic E-state index is 0.0349. The fraction of sp³-hybridized carbons (Fsp3) is 0.125. The lowest BCUT2D eigenvalue weighted by atomic mass is 10.2. The van der Waals surface area contributed by atoms with Crippen molar-refractivity contribution in [3.05, 3.63) is 63.8 Å². The molecule has 3 aromatic heterocycles. The van der Waals surface area contributed by atoms with Crippen LogP contribution in [-0.4, -0.2) is 25.7 Å². The molecular weight excluding hydrogens is 406 g/mol. The van der Waals surface area contributed by atoms with Gasteiger partial charge in [0.2, 0.25) is 0 Å². The fourth-order valence-corrected chi connectivity index (χ4v) is 2.63. The van der Waals surface area contributed by atoms with E-state index in [0.29, 0.717) is 11.6 Å². The Morgan fingerprint density at radius 3 is 2.59 bits per heavy atom. The van der Waals surface area contributed by atoms with Gasteiger partial charge < -0.3 is 5.32 Å². The number of halogens is 5. The van der Waals surface area contributed by atoms with Crippen LogP contribution in [0.1, 0.15) is 21.7 Å². The molecular formula is C16H10Cl2F3N5O. The van der Waals surface area contributed by atoms with Crippen molar-refractivity contribution in [3.8, 4) is 5.82 Å². The van der Waals surface area contributed by atoms with E-state index in [0.717, 1.165) is 4.68 Å². The van der Waals surface area contributed by atoms with E-state index < -0.39 is 23.5 Å². The predicted octanol–water partition coefficient (Wildman–Crippen LogP) is 4.55. The average Bonchev–Trinajstić information content (AvgIpc) is 3.03. The molecule has 1 N–H and O–H groups in total. The molecule has 3 heterocycles. The van der Waals surface area contributed by atoms with Crippen LogP contribution >= 0.6 is 23.2 Å². The largest absolute Gasteiger partial charge is 0.435 e. The highest BCUT2D eigenvalue weighted by Gasteiger charge is 2.36. The number of carbonyl (C=O) groups is 1. The van der Waals surface area contributed by atoms with Gasteiger partial charge in [0.05, 0.1) is 16.9 Å². The van der Waals surface area contributed by atoms with E-state index in [4.69, 9.17) is 23.2 Å². The van der Waals surface area contributed by atoms with Crippen molar-refractivity contribution in [1.82, 2.24) is 19.7 Å². The molecule has 3 aromatic rings. The van der Waals surface area contributed by atoms with Crippen LogP contribution in [0.4, 0.5) is 18.9 Å². The second-order valence-corrected chi connectivity index (χ2v) is 6.20. The zero-order valence-corrected chi connectivity index (χ0v) is 15.1. The summed E-state index contributed by atoms with van der Waals surface area (Å²) in [6.07, 6.45) is -2.13. The summed E-state index contributed by atoms with van der Waals surface area (Å²) in [4.78, 5) is 20.4. The molecule has 0 unspecified atom stereocenters. The molecule has 0 radical (unpaired) electrons. The molecule has 0 saturated carbocycles. The summed E-state index contributed by atoms with van der Waals surface area (Å²) in [6, 6.07) is 5.06. The van der Waals surface area contributed by atoms with Crippen molar-refractivity contribution in [3.63, 3.8) is 0 Å². The van der Waals surface area contributed by atoms with Crippen LogP contribution in [-0.2, 0) is 6.18 Å². The van der Waals surface area contributed by atoms with Crippen LogP contribution in [0.3, 0.4) is 0 Å². The van der Waals surface area contributed by atoms with Crippen molar-refractivity contribution >= 4 is 34.8 Å². The molecule has 0 aliphatic carbocycles. The number of rotatable bonds is 3. The highest BCUT2D eigenvalue weighted by molar-refractivity contribution is 6.32. The third-order valence-electron chi connectivity index (χ3n) is 3.50. The molecule has 140 valence electrons. The fourth-order valence-electron chi connectivity index (χ4n) is 2.21. The summed E-state index contributed by atoms with van der Waals surface area (Å²) in [5.74, 6) is -0.947. The molecule has 27 heavy (non-hydrogen) atoms. The Labute approximate surface area is 161 Å². The quantitative estimate of drug-likeness (QED) is 0.636. The van der Waals surface area contributed by atoms with Crippen LogP contribution in [0, 0.1) is 6.92 Å². The van der Waals surface area contributed by atoms with Crippen molar-refractivity contribution in [2.45, 2.75) is 13.1 Å². The van der Waals surface area contributed by atoms with E-state index in [1.54, 1.807) is 6.92 Å². The predicted molar refractivity (Wildman–Crippen MR) is 93.3 cm³/mol. The summed E-state index contributed by atoms with van der Waals surface area (Å²) in [5.41, 5.74) is -0.767. The molecule has 1 amide bonds. The number of aromatic nitrogens is 4. The van der Waals surface area contributed by atoms with E-state index in [-0.39, 0.29) is 21.7 Å². The van der Waals surface area contributed by atoms with E-state index >= 15 is 0 Å². The zero-order chi connectivity index (χ0) is 19.8. The molecule has 11 heteroatoms. The number of aryl methyl sites for hydroxylation is 1. The molecule has 0 atom stereocenters. The Balaban J connectivity index is 2.06. The lowest BCUT2D eigenvalue weighted by Gasteiger charge is -2.10. The van der Waals surface area contributed by atoms with Gasteiger partial charge in [-0.15, -0.1) is 0 Å². The third-order valence-corrected chi connectivity index (χ3v) is 4.00. The first kappa shape index (κ1) is 19.1. The smallest absolute Gasteiger partial charge is 0.319 e. The van der Waals surface area contributed by atoms with Gasteiger partial charge in [-0.1, -0.05) is 23.2 Å². The van der Waals surface area contributed by atoms with Crippen molar-refractivity contribution in [1.29, 1.82) is 0 Å². The van der Waals surface area contributed by atoms with Crippen LogP contribution in [0.15, 0.2) is 36.7 Å². The summed E-state index contributed by atoms with van der Waals surface area (Å²) in [5, 5.41) is 6.20. The van der Waals surface area contributed by atoms with Gasteiger partial charge in [0.1, 0.15) is 10.8 Å². The Hall–Kier alpha value is -2.65. The van der Waals surface area contributed by atoms with E-state index in [2.05, 4.69) is 20.4 Å². The lowest BCUT2D eigenvalue weighted by molar-refractivity contribution is -0.141. The van der Waals surface area contributed by atoms with Gasteiger partial charge >= 0.3 is 6.18 Å². The monoisotopic (exact) mass is 415 g/mol. The average molecular weight is 416 g/mol. The Morgan fingerprint density at radius 1 is 1.22 bits per heavy atom. The van der Waals surface area contributed by atoms with Crippen LogP contribution in [0.5, 0.6) is 0 Å².